The van der Waals surface area contributed by atoms with Crippen LogP contribution in [0.3, 0.4) is 0 Å². The van der Waals surface area contributed by atoms with Crippen LogP contribution in [0, 0.1) is 29.6 Å². The number of fused-ring (bicyclic) bond motifs is 1. The van der Waals surface area contributed by atoms with Crippen LogP contribution in [0.25, 0.3) is 0 Å². The third-order valence-corrected chi connectivity index (χ3v) is 6.51. The van der Waals surface area contributed by atoms with E-state index in [1.807, 2.05) is 31.3 Å². The van der Waals surface area contributed by atoms with Gasteiger partial charge in [-0.2, -0.15) is 5.26 Å². The molecular weight excluding hydrogens is 340 g/mol. The highest BCUT2D eigenvalue weighted by Crippen LogP contribution is 2.44. The minimum Gasteiger partial charge on any atom is -0.496 e. The van der Waals surface area contributed by atoms with E-state index < -0.39 is 0 Å². The molecule has 0 N–H and O–H groups in total. The molecule has 0 fully saturated rings. The number of nitriles is 1. The highest BCUT2D eigenvalue weighted by Gasteiger charge is 2.32. The van der Waals surface area contributed by atoms with Crippen LogP contribution in [0.5, 0.6) is 5.75 Å². The Bertz CT molecular complexity index is 881. The van der Waals surface area contributed by atoms with Crippen LogP contribution in [-0.2, 0) is 12.8 Å². The van der Waals surface area contributed by atoms with Gasteiger partial charge in [0.15, 0.2) is 0 Å². The van der Waals surface area contributed by atoms with Crippen molar-refractivity contribution in [1.29, 1.82) is 5.26 Å². The Morgan fingerprint density at radius 1 is 1.35 bits per heavy atom. The summed E-state index contributed by atoms with van der Waals surface area (Å²) in [5, 5.41) is 10.5. The maximum absolute atomic E-state index is 9.67. The summed E-state index contributed by atoms with van der Waals surface area (Å²) >= 11 is 1.69. The van der Waals surface area contributed by atoms with Crippen LogP contribution < -0.4 is 4.74 Å². The van der Waals surface area contributed by atoms with Gasteiger partial charge in [0.25, 0.3) is 0 Å². The van der Waals surface area contributed by atoms with E-state index in [9.17, 15) is 5.26 Å². The molecule has 2 aromatic rings. The number of hydrogen-bond donors (Lipinski definition) is 0. The van der Waals surface area contributed by atoms with Gasteiger partial charge in [0.2, 0.25) is 0 Å². The summed E-state index contributed by atoms with van der Waals surface area (Å²) in [6, 6.07) is 8.43. The Balaban J connectivity index is 1.90. The summed E-state index contributed by atoms with van der Waals surface area (Å²) in [4.78, 5) is 6.01. The minimum atomic E-state index is 0.302. The first kappa shape index (κ1) is 18.7. The maximum atomic E-state index is 9.67. The normalized spacial score (nSPS) is 17.2. The van der Waals surface area contributed by atoms with Crippen molar-refractivity contribution < 1.29 is 4.74 Å². The van der Waals surface area contributed by atoms with Gasteiger partial charge in [-0.15, -0.1) is 11.3 Å². The van der Waals surface area contributed by atoms with Gasteiger partial charge in [-0.3, -0.25) is 0 Å². The molecule has 1 aromatic carbocycles. The van der Waals surface area contributed by atoms with Gasteiger partial charge < -0.3 is 4.74 Å². The van der Waals surface area contributed by atoms with Gasteiger partial charge >= 0.3 is 0 Å². The molecule has 26 heavy (non-hydrogen) atoms. The van der Waals surface area contributed by atoms with Crippen molar-refractivity contribution in [2.45, 2.75) is 47.0 Å². The van der Waals surface area contributed by atoms with Crippen molar-refractivity contribution in [3.63, 3.8) is 0 Å². The first-order valence-corrected chi connectivity index (χ1v) is 9.88. The van der Waals surface area contributed by atoms with E-state index in [0.717, 1.165) is 46.7 Å². The average Bonchev–Trinajstić information content (AvgIpc) is 2.96. The molecule has 1 aliphatic carbocycles. The summed E-state index contributed by atoms with van der Waals surface area (Å²) in [5.41, 5.74) is 4.38. The zero-order chi connectivity index (χ0) is 18.9. The fourth-order valence-corrected chi connectivity index (χ4v) is 4.79. The molecule has 0 radical (unpaired) electrons. The van der Waals surface area contributed by atoms with Crippen LogP contribution in [0.15, 0.2) is 23.2 Å². The van der Waals surface area contributed by atoms with Gasteiger partial charge in [0.05, 0.1) is 12.7 Å². The Kier molecular flexibility index (Phi) is 5.20. The third kappa shape index (κ3) is 3.68. The molecule has 0 saturated heterocycles. The quantitative estimate of drug-likeness (QED) is 0.641. The second kappa shape index (κ2) is 7.25. The molecule has 3 rings (SSSR count). The lowest BCUT2D eigenvalue weighted by atomic mass is 9.72. The maximum Gasteiger partial charge on any atom is 0.134 e. The Morgan fingerprint density at radius 2 is 2.12 bits per heavy atom. The summed E-state index contributed by atoms with van der Waals surface area (Å²) in [6.07, 6.45) is 5.04. The monoisotopic (exact) mass is 366 g/mol. The van der Waals surface area contributed by atoms with E-state index in [1.54, 1.807) is 18.4 Å². The lowest BCUT2D eigenvalue weighted by molar-refractivity contribution is 0.218. The molecule has 1 aliphatic rings. The molecule has 1 atom stereocenters. The molecule has 0 bridgehead atoms. The van der Waals surface area contributed by atoms with Gasteiger partial charge in [0, 0.05) is 11.1 Å². The predicted octanol–water partition coefficient (Wildman–Crippen LogP) is 5.84. The standard InChI is InChI=1S/C22H26N2OS/c1-14-6-7-15(10-19(14)25-5)13-24-21-18(12-23)17-9-8-16(22(2,3)4)11-20(17)26-21/h6-7,10,13,16H,8-9,11H2,1-5H3/t16-/m0/s1. The molecule has 0 unspecified atom stereocenters. The molecule has 0 spiro atoms. The van der Waals surface area contributed by atoms with Crippen molar-refractivity contribution in [3.05, 3.63) is 45.3 Å². The molecule has 1 heterocycles. The van der Waals surface area contributed by atoms with E-state index >= 15 is 0 Å². The highest BCUT2D eigenvalue weighted by atomic mass is 32.1. The molecule has 4 heteroatoms. The van der Waals surface area contributed by atoms with E-state index in [4.69, 9.17) is 4.74 Å². The van der Waals surface area contributed by atoms with Crippen LogP contribution in [-0.4, -0.2) is 13.3 Å². The van der Waals surface area contributed by atoms with E-state index in [2.05, 4.69) is 31.8 Å². The summed E-state index contributed by atoms with van der Waals surface area (Å²) < 4.78 is 5.38. The largest absolute Gasteiger partial charge is 0.496 e. The van der Waals surface area contributed by atoms with Crippen LogP contribution in [0.1, 0.15) is 54.3 Å². The Labute approximate surface area is 160 Å². The number of methoxy groups -OCH3 is 1. The average molecular weight is 367 g/mol. The molecule has 0 saturated carbocycles. The van der Waals surface area contributed by atoms with Crippen molar-refractivity contribution in [3.8, 4) is 11.8 Å². The number of aryl methyl sites for hydroxylation is 1. The zero-order valence-electron chi connectivity index (χ0n) is 16.2. The van der Waals surface area contributed by atoms with Crippen LogP contribution in [0.4, 0.5) is 5.00 Å². The fraction of sp³-hybridized carbons (Fsp3) is 0.455. The number of benzene rings is 1. The fourth-order valence-electron chi connectivity index (χ4n) is 3.57. The number of nitrogens with zero attached hydrogens (tertiary/aromatic N) is 2. The topological polar surface area (TPSA) is 45.4 Å². The zero-order valence-corrected chi connectivity index (χ0v) is 17.0. The first-order chi connectivity index (χ1) is 12.3. The lowest BCUT2D eigenvalue weighted by Crippen LogP contribution is -2.26. The van der Waals surface area contributed by atoms with Crippen LogP contribution in [0.2, 0.25) is 0 Å². The van der Waals surface area contributed by atoms with E-state index in [0.29, 0.717) is 11.3 Å². The smallest absolute Gasteiger partial charge is 0.134 e. The summed E-state index contributed by atoms with van der Waals surface area (Å²) in [7, 11) is 1.68. The number of aliphatic imine (C=N–C) groups is 1. The van der Waals surface area contributed by atoms with Gasteiger partial charge in [-0.25, -0.2) is 4.99 Å². The Hall–Kier alpha value is -2.12. The second-order valence-corrected chi connectivity index (χ2v) is 9.17. The molecule has 0 amide bonds. The number of rotatable bonds is 3. The van der Waals surface area contributed by atoms with Crippen molar-refractivity contribution in [1.82, 2.24) is 0 Å². The highest BCUT2D eigenvalue weighted by molar-refractivity contribution is 7.16. The molecule has 3 nitrogen and oxygen atoms in total. The SMILES string of the molecule is COc1cc(C=Nc2sc3c(c2C#N)CC[C@H](C(C)(C)C)C3)ccc1C. The Morgan fingerprint density at radius 3 is 2.77 bits per heavy atom. The minimum absolute atomic E-state index is 0.302. The summed E-state index contributed by atoms with van der Waals surface area (Å²) in [5.74, 6) is 1.52. The molecule has 136 valence electrons. The first-order valence-electron chi connectivity index (χ1n) is 9.07. The van der Waals surface area contributed by atoms with Crippen molar-refractivity contribution >= 4 is 22.6 Å². The molecular formula is C22H26N2OS. The molecule has 0 aliphatic heterocycles. The van der Waals surface area contributed by atoms with Gasteiger partial charge in [-0.05, 0) is 60.3 Å². The van der Waals surface area contributed by atoms with E-state index in [-0.39, 0.29) is 0 Å². The second-order valence-electron chi connectivity index (χ2n) is 8.09. The molecule has 1 aromatic heterocycles. The van der Waals surface area contributed by atoms with Crippen molar-refractivity contribution in [2.75, 3.05) is 7.11 Å². The van der Waals surface area contributed by atoms with Gasteiger partial charge in [0.1, 0.15) is 16.8 Å². The number of ether oxygens (including phenoxy) is 1. The summed E-state index contributed by atoms with van der Waals surface area (Å²) in [6.45, 7) is 8.95. The van der Waals surface area contributed by atoms with Crippen LogP contribution >= 0.6 is 11.3 Å². The number of hydrogen-bond acceptors (Lipinski definition) is 4. The van der Waals surface area contributed by atoms with E-state index in [1.165, 1.54) is 10.4 Å². The third-order valence-electron chi connectivity index (χ3n) is 5.35. The lowest BCUT2D eigenvalue weighted by Gasteiger charge is -2.33. The number of thiophene rings is 1. The van der Waals surface area contributed by atoms with Crippen molar-refractivity contribution in [2.24, 2.45) is 16.3 Å². The predicted molar refractivity (Wildman–Crippen MR) is 109 cm³/mol. The van der Waals surface area contributed by atoms with Gasteiger partial charge in [-0.1, -0.05) is 32.9 Å².